The van der Waals surface area contributed by atoms with E-state index < -0.39 is 0 Å². The Morgan fingerprint density at radius 3 is 3.10 bits per heavy atom. The Labute approximate surface area is 122 Å². The van der Waals surface area contributed by atoms with Crippen LogP contribution in [0.15, 0.2) is 24.3 Å². The zero-order valence-electron chi connectivity index (χ0n) is 12.6. The summed E-state index contributed by atoms with van der Waals surface area (Å²) in [4.78, 5) is 2.61. The number of rotatable bonds is 8. The molecule has 1 heterocycles. The van der Waals surface area contributed by atoms with E-state index in [0.29, 0.717) is 6.61 Å². The van der Waals surface area contributed by atoms with E-state index in [1.165, 1.54) is 44.2 Å². The molecule has 1 atom stereocenters. The van der Waals surface area contributed by atoms with Crippen LogP contribution in [-0.4, -0.2) is 35.8 Å². The van der Waals surface area contributed by atoms with Crippen molar-refractivity contribution in [2.24, 2.45) is 0 Å². The molecule has 1 saturated heterocycles. The van der Waals surface area contributed by atoms with E-state index in [2.05, 4.69) is 24.0 Å². The third-order valence-corrected chi connectivity index (χ3v) is 4.03. The lowest BCUT2D eigenvalue weighted by atomic mass is 10.1. The van der Waals surface area contributed by atoms with Gasteiger partial charge in [0.15, 0.2) is 0 Å². The molecule has 0 spiro atoms. The number of hydrogen-bond donors (Lipinski definition) is 1. The molecule has 0 aromatic heterocycles. The van der Waals surface area contributed by atoms with Crippen LogP contribution in [0.1, 0.15) is 44.6 Å². The second-order valence-electron chi connectivity index (χ2n) is 5.63. The van der Waals surface area contributed by atoms with E-state index in [0.717, 1.165) is 18.3 Å². The molecule has 0 saturated carbocycles. The van der Waals surface area contributed by atoms with Crippen molar-refractivity contribution >= 4 is 0 Å². The Hall–Kier alpha value is -1.06. The lowest BCUT2D eigenvalue weighted by Gasteiger charge is -2.24. The van der Waals surface area contributed by atoms with Gasteiger partial charge >= 0.3 is 0 Å². The van der Waals surface area contributed by atoms with Gasteiger partial charge in [0.1, 0.15) is 12.4 Å². The molecule has 1 N–H and O–H groups in total. The summed E-state index contributed by atoms with van der Waals surface area (Å²) in [6.07, 6.45) is 6.63. The van der Waals surface area contributed by atoms with Crippen molar-refractivity contribution in [1.82, 2.24) is 4.90 Å². The van der Waals surface area contributed by atoms with Gasteiger partial charge in [0.2, 0.25) is 0 Å². The van der Waals surface area contributed by atoms with Crippen LogP contribution in [-0.2, 0) is 6.54 Å². The van der Waals surface area contributed by atoms with Crippen LogP contribution in [0.3, 0.4) is 0 Å². The van der Waals surface area contributed by atoms with Crippen molar-refractivity contribution < 1.29 is 9.84 Å². The number of aliphatic hydroxyl groups is 1. The minimum atomic E-state index is 0.0649. The van der Waals surface area contributed by atoms with Gasteiger partial charge in [0.25, 0.3) is 0 Å². The summed E-state index contributed by atoms with van der Waals surface area (Å²) in [7, 11) is 0. The molecule has 0 radical (unpaired) electrons. The van der Waals surface area contributed by atoms with Crippen LogP contribution >= 0.6 is 0 Å². The highest BCUT2D eigenvalue weighted by Gasteiger charge is 2.23. The molecule has 3 nitrogen and oxygen atoms in total. The smallest absolute Gasteiger partial charge is 0.119 e. The molecule has 1 aromatic carbocycles. The van der Waals surface area contributed by atoms with Crippen molar-refractivity contribution in [1.29, 1.82) is 0 Å². The third-order valence-electron chi connectivity index (χ3n) is 4.03. The first-order valence-corrected chi connectivity index (χ1v) is 7.90. The number of nitrogens with zero attached hydrogens (tertiary/aromatic N) is 1. The number of hydrogen-bond acceptors (Lipinski definition) is 3. The van der Waals surface area contributed by atoms with Crippen LogP contribution in [0.2, 0.25) is 0 Å². The first-order chi connectivity index (χ1) is 9.83. The Morgan fingerprint density at radius 1 is 1.40 bits per heavy atom. The molecule has 0 bridgehead atoms. The third kappa shape index (κ3) is 4.50. The molecular weight excluding hydrogens is 250 g/mol. The first kappa shape index (κ1) is 15.3. The summed E-state index contributed by atoms with van der Waals surface area (Å²) in [5, 5.41) is 8.81. The van der Waals surface area contributed by atoms with Crippen molar-refractivity contribution in [2.45, 2.75) is 51.6 Å². The average Bonchev–Trinajstić information content (AvgIpc) is 2.90. The maximum absolute atomic E-state index is 8.81. The Kier molecular flexibility index (Phi) is 6.34. The molecule has 0 amide bonds. The second-order valence-corrected chi connectivity index (χ2v) is 5.63. The van der Waals surface area contributed by atoms with Gasteiger partial charge in [-0.2, -0.15) is 0 Å². The van der Waals surface area contributed by atoms with Crippen molar-refractivity contribution in [2.75, 3.05) is 19.8 Å². The fourth-order valence-electron chi connectivity index (χ4n) is 3.00. The van der Waals surface area contributed by atoms with Crippen molar-refractivity contribution in [3.8, 4) is 5.75 Å². The van der Waals surface area contributed by atoms with Gasteiger partial charge < -0.3 is 9.84 Å². The highest BCUT2D eigenvalue weighted by molar-refractivity contribution is 5.28. The molecule has 1 aromatic rings. The minimum absolute atomic E-state index is 0.0649. The molecule has 1 unspecified atom stereocenters. The summed E-state index contributed by atoms with van der Waals surface area (Å²) in [5.41, 5.74) is 1.31. The summed E-state index contributed by atoms with van der Waals surface area (Å²) in [6.45, 7) is 4.93. The molecule has 1 fully saturated rings. The molecule has 0 aliphatic carbocycles. The highest BCUT2D eigenvalue weighted by Crippen LogP contribution is 2.25. The monoisotopic (exact) mass is 277 g/mol. The maximum Gasteiger partial charge on any atom is 0.119 e. The lowest BCUT2D eigenvalue weighted by molar-refractivity contribution is 0.200. The second kappa shape index (κ2) is 8.28. The quantitative estimate of drug-likeness (QED) is 0.792. The predicted molar refractivity (Wildman–Crippen MR) is 82.0 cm³/mol. The topological polar surface area (TPSA) is 32.7 Å². The molecule has 1 aliphatic rings. The molecular formula is C17H27NO2. The first-order valence-electron chi connectivity index (χ1n) is 7.90. The average molecular weight is 277 g/mol. The molecule has 1 aliphatic heterocycles. The van der Waals surface area contributed by atoms with E-state index in [1.54, 1.807) is 0 Å². The van der Waals surface area contributed by atoms with Crippen LogP contribution in [0.5, 0.6) is 5.75 Å². The van der Waals surface area contributed by atoms with E-state index in [9.17, 15) is 0 Å². The molecule has 2 rings (SSSR count). The molecule has 20 heavy (non-hydrogen) atoms. The van der Waals surface area contributed by atoms with Gasteiger partial charge in [-0.05, 0) is 43.5 Å². The summed E-state index contributed by atoms with van der Waals surface area (Å²) in [6, 6.07) is 9.03. The summed E-state index contributed by atoms with van der Waals surface area (Å²) < 4.78 is 5.48. The lowest BCUT2D eigenvalue weighted by Crippen LogP contribution is -2.28. The van der Waals surface area contributed by atoms with Crippen LogP contribution in [0.4, 0.5) is 0 Å². The zero-order chi connectivity index (χ0) is 14.2. The standard InChI is InChI=1S/C17H27NO2/c1-2-3-7-16-8-5-10-18(16)14-15-6-4-9-17(13-15)20-12-11-19/h4,6,9,13,16,19H,2-3,5,7-8,10-12,14H2,1H3. The van der Waals surface area contributed by atoms with Crippen molar-refractivity contribution in [3.05, 3.63) is 29.8 Å². The highest BCUT2D eigenvalue weighted by atomic mass is 16.5. The Morgan fingerprint density at radius 2 is 2.30 bits per heavy atom. The van der Waals surface area contributed by atoms with Crippen molar-refractivity contribution in [3.63, 3.8) is 0 Å². The largest absolute Gasteiger partial charge is 0.491 e. The number of unbranched alkanes of at least 4 members (excludes halogenated alkanes) is 1. The molecule has 112 valence electrons. The predicted octanol–water partition coefficient (Wildman–Crippen LogP) is 3.21. The minimum Gasteiger partial charge on any atom is -0.491 e. The molecule has 3 heteroatoms. The normalized spacial score (nSPS) is 19.4. The van der Waals surface area contributed by atoms with E-state index >= 15 is 0 Å². The van der Waals surface area contributed by atoms with E-state index in [1.807, 2.05) is 12.1 Å². The number of ether oxygens (including phenoxy) is 1. The van der Waals surface area contributed by atoms with Gasteiger partial charge in [0.05, 0.1) is 6.61 Å². The fourth-order valence-corrected chi connectivity index (χ4v) is 3.00. The van der Waals surface area contributed by atoms with E-state index in [-0.39, 0.29) is 6.61 Å². The van der Waals surface area contributed by atoms with Crippen LogP contribution in [0, 0.1) is 0 Å². The number of aliphatic hydroxyl groups excluding tert-OH is 1. The Balaban J connectivity index is 1.91. The van der Waals surface area contributed by atoms with Gasteiger partial charge in [-0.1, -0.05) is 31.9 Å². The van der Waals surface area contributed by atoms with Gasteiger partial charge in [-0.25, -0.2) is 0 Å². The van der Waals surface area contributed by atoms with Crippen LogP contribution < -0.4 is 4.74 Å². The zero-order valence-corrected chi connectivity index (χ0v) is 12.6. The van der Waals surface area contributed by atoms with Gasteiger partial charge in [-0.3, -0.25) is 4.90 Å². The maximum atomic E-state index is 8.81. The summed E-state index contributed by atoms with van der Waals surface area (Å²) in [5.74, 6) is 0.862. The number of likely N-dealkylation sites (tertiary alicyclic amines) is 1. The van der Waals surface area contributed by atoms with Gasteiger partial charge in [0, 0.05) is 12.6 Å². The fraction of sp³-hybridized carbons (Fsp3) is 0.647. The summed E-state index contributed by atoms with van der Waals surface area (Å²) >= 11 is 0. The van der Waals surface area contributed by atoms with Crippen LogP contribution in [0.25, 0.3) is 0 Å². The van der Waals surface area contributed by atoms with E-state index in [4.69, 9.17) is 9.84 Å². The Bertz CT molecular complexity index is 394. The number of benzene rings is 1. The SMILES string of the molecule is CCCCC1CCCN1Cc1cccc(OCCO)c1. The van der Waals surface area contributed by atoms with Gasteiger partial charge in [-0.15, -0.1) is 0 Å².